The van der Waals surface area contributed by atoms with E-state index in [0.29, 0.717) is 34.3 Å². The number of hydrogen-bond acceptors (Lipinski definition) is 4. The third-order valence-corrected chi connectivity index (χ3v) is 11.3. The summed E-state index contributed by atoms with van der Waals surface area (Å²) in [7, 11) is 0. The van der Waals surface area contributed by atoms with E-state index < -0.39 is 5.60 Å². The van der Waals surface area contributed by atoms with Gasteiger partial charge in [0.2, 0.25) is 0 Å². The van der Waals surface area contributed by atoms with Gasteiger partial charge in [0.15, 0.2) is 5.60 Å². The maximum Gasteiger partial charge on any atom is 0.350 e. The molecule has 5 rings (SSSR count). The Morgan fingerprint density at radius 1 is 0.971 bits per heavy atom. The second-order valence-corrected chi connectivity index (χ2v) is 13.6. The zero-order valence-corrected chi connectivity index (χ0v) is 22.7. The van der Waals surface area contributed by atoms with Gasteiger partial charge in [-0.05, 0) is 112 Å². The number of benzene rings is 1. The van der Waals surface area contributed by atoms with E-state index in [1.54, 1.807) is 38.1 Å². The van der Waals surface area contributed by atoms with Crippen LogP contribution in [-0.4, -0.2) is 23.5 Å². The maximum absolute atomic E-state index is 13.3. The van der Waals surface area contributed by atoms with Crippen LogP contribution in [-0.2, 0) is 14.3 Å². The van der Waals surface area contributed by atoms with Crippen molar-refractivity contribution in [3.63, 3.8) is 0 Å². The number of fused-ring (bicyclic) bond motifs is 5. The van der Waals surface area contributed by atoms with Gasteiger partial charge in [0.05, 0.1) is 0 Å². The van der Waals surface area contributed by atoms with Crippen LogP contribution in [0, 0.1) is 34.0 Å². The van der Waals surface area contributed by atoms with Crippen molar-refractivity contribution in [2.75, 3.05) is 0 Å². The Kier molecular flexibility index (Phi) is 6.10. The third kappa shape index (κ3) is 4.03. The van der Waals surface area contributed by atoms with Gasteiger partial charge in [-0.2, -0.15) is 0 Å². The molecule has 4 aliphatic rings. The molecular weight excluding hydrogens is 460 g/mol. The predicted molar refractivity (Wildman–Crippen MR) is 137 cm³/mol. The number of carbonyl (C=O) groups is 2. The summed E-state index contributed by atoms with van der Waals surface area (Å²) in [6.45, 7) is 10.8. The average molecular weight is 501 g/mol. The summed E-state index contributed by atoms with van der Waals surface area (Å²) >= 11 is 5.99. The number of hydrogen-bond donors (Lipinski definition) is 0. The highest BCUT2D eigenvalue weighted by atomic mass is 35.5. The number of carbonyl (C=O) groups excluding carboxylic acids is 2. The minimum atomic E-state index is -1.08. The van der Waals surface area contributed by atoms with E-state index in [2.05, 4.69) is 20.8 Å². The first-order valence-corrected chi connectivity index (χ1v) is 13.9. The molecule has 0 radical (unpaired) electrons. The fraction of sp³-hybridized carbons (Fsp3) is 0.733. The number of esters is 1. The molecule has 0 saturated heterocycles. The molecule has 4 saturated carbocycles. The van der Waals surface area contributed by atoms with Crippen LogP contribution in [0.4, 0.5) is 0 Å². The van der Waals surface area contributed by atoms with Gasteiger partial charge in [-0.1, -0.05) is 32.4 Å². The lowest BCUT2D eigenvalue weighted by atomic mass is 9.40. The Morgan fingerprint density at radius 3 is 2.40 bits per heavy atom. The third-order valence-electron chi connectivity index (χ3n) is 11.0. The zero-order chi connectivity index (χ0) is 25.2. The van der Waals surface area contributed by atoms with Crippen LogP contribution in [0.15, 0.2) is 24.3 Å². The van der Waals surface area contributed by atoms with Gasteiger partial charge in [0.1, 0.15) is 17.6 Å². The highest BCUT2D eigenvalue weighted by Gasteiger charge is 2.64. The minimum absolute atomic E-state index is 0.0156. The van der Waals surface area contributed by atoms with Gasteiger partial charge < -0.3 is 9.47 Å². The molecule has 0 heterocycles. The van der Waals surface area contributed by atoms with Crippen LogP contribution < -0.4 is 4.74 Å². The van der Waals surface area contributed by atoms with Gasteiger partial charge in [-0.3, -0.25) is 4.79 Å². The van der Waals surface area contributed by atoms with Crippen LogP contribution in [0.1, 0.15) is 92.4 Å². The molecule has 4 fully saturated rings. The first-order valence-electron chi connectivity index (χ1n) is 13.6. The first-order chi connectivity index (χ1) is 16.4. The zero-order valence-electron chi connectivity index (χ0n) is 22.0. The molecule has 0 aromatic heterocycles. The van der Waals surface area contributed by atoms with Crippen molar-refractivity contribution in [3.8, 4) is 5.75 Å². The minimum Gasteiger partial charge on any atom is -0.476 e. The molecule has 0 unspecified atom stereocenters. The SMILES string of the molecule is CC(C)(Oc1ccc(Cl)cc1)C(=O)O[C@@H]1CC[C@@H]2[C@H]3CC[C@@]4(C)CC(=O)CC[C@]4(C)[C@H]3CC[C@@]21C. The molecular formula is C30H41ClO4. The van der Waals surface area contributed by atoms with E-state index in [9.17, 15) is 9.59 Å². The molecule has 0 aliphatic heterocycles. The number of ketones is 1. The fourth-order valence-electron chi connectivity index (χ4n) is 8.66. The van der Waals surface area contributed by atoms with Crippen molar-refractivity contribution < 1.29 is 19.1 Å². The number of Topliss-reactive ketones (excluding diaryl/α,β-unsaturated/α-hetero) is 1. The molecule has 4 aliphatic carbocycles. The topological polar surface area (TPSA) is 52.6 Å². The summed E-state index contributed by atoms with van der Waals surface area (Å²) in [5.41, 5.74) is -0.672. The van der Waals surface area contributed by atoms with Crippen LogP contribution in [0.3, 0.4) is 0 Å². The molecule has 0 amide bonds. The number of ether oxygens (including phenoxy) is 2. The Morgan fingerprint density at radius 2 is 1.69 bits per heavy atom. The van der Waals surface area contributed by atoms with Crippen molar-refractivity contribution in [2.45, 2.75) is 104 Å². The largest absolute Gasteiger partial charge is 0.476 e. The molecule has 35 heavy (non-hydrogen) atoms. The van der Waals surface area contributed by atoms with Crippen molar-refractivity contribution in [3.05, 3.63) is 29.3 Å². The lowest BCUT2D eigenvalue weighted by molar-refractivity contribution is -0.183. The van der Waals surface area contributed by atoms with E-state index in [1.165, 1.54) is 12.8 Å². The summed E-state index contributed by atoms with van der Waals surface area (Å²) in [5.74, 6) is 2.69. The van der Waals surface area contributed by atoms with Crippen molar-refractivity contribution in [1.82, 2.24) is 0 Å². The lowest BCUT2D eigenvalue weighted by Gasteiger charge is -2.64. The Labute approximate surface area is 215 Å². The monoisotopic (exact) mass is 500 g/mol. The van der Waals surface area contributed by atoms with Crippen LogP contribution in [0.5, 0.6) is 5.75 Å². The van der Waals surface area contributed by atoms with Gasteiger partial charge in [-0.25, -0.2) is 4.79 Å². The van der Waals surface area contributed by atoms with E-state index in [-0.39, 0.29) is 28.3 Å². The second kappa shape index (κ2) is 8.50. The lowest BCUT2D eigenvalue weighted by Crippen LogP contribution is -2.58. The average Bonchev–Trinajstić information content (AvgIpc) is 3.12. The molecule has 7 atom stereocenters. The summed E-state index contributed by atoms with van der Waals surface area (Å²) in [6.07, 6.45) is 9.17. The number of halogens is 1. The normalized spacial score (nSPS) is 40.9. The first kappa shape index (κ1) is 25.1. The Bertz CT molecular complexity index is 1000. The Balaban J connectivity index is 1.30. The van der Waals surface area contributed by atoms with Crippen molar-refractivity contribution in [1.29, 1.82) is 0 Å². The molecule has 5 heteroatoms. The van der Waals surface area contributed by atoms with E-state index in [1.807, 2.05) is 0 Å². The predicted octanol–water partition coefficient (Wildman–Crippen LogP) is 7.41. The van der Waals surface area contributed by atoms with Gasteiger partial charge in [0.25, 0.3) is 0 Å². The molecule has 192 valence electrons. The second-order valence-electron chi connectivity index (χ2n) is 13.2. The van der Waals surface area contributed by atoms with Crippen LogP contribution >= 0.6 is 11.6 Å². The quantitative estimate of drug-likeness (QED) is 0.404. The van der Waals surface area contributed by atoms with Crippen LogP contribution in [0.25, 0.3) is 0 Å². The molecule has 1 aromatic rings. The van der Waals surface area contributed by atoms with Crippen LogP contribution in [0.2, 0.25) is 5.02 Å². The highest BCUT2D eigenvalue weighted by Crippen LogP contribution is 2.69. The molecule has 0 bridgehead atoms. The van der Waals surface area contributed by atoms with Gasteiger partial charge in [0, 0.05) is 23.3 Å². The van der Waals surface area contributed by atoms with E-state index >= 15 is 0 Å². The summed E-state index contributed by atoms with van der Waals surface area (Å²) in [4.78, 5) is 25.6. The maximum atomic E-state index is 13.3. The van der Waals surface area contributed by atoms with E-state index in [0.717, 1.165) is 44.9 Å². The highest BCUT2D eigenvalue weighted by molar-refractivity contribution is 6.30. The summed E-state index contributed by atoms with van der Waals surface area (Å²) in [6, 6.07) is 7.08. The standard InChI is InChI=1S/C30H41ClO4/c1-27(2,35-21-8-6-19(31)7-9-21)26(33)34-25-11-10-23-22-13-15-28(3)18-20(32)12-17-30(28,5)24(22)14-16-29(23,25)4/h6-9,22-25H,10-18H2,1-5H3/t22-,23-,24+,25-,28+,29+,30-/m1/s1. The van der Waals surface area contributed by atoms with Crippen molar-refractivity contribution in [2.24, 2.45) is 34.0 Å². The molecule has 0 spiro atoms. The van der Waals surface area contributed by atoms with Gasteiger partial charge in [-0.15, -0.1) is 0 Å². The van der Waals surface area contributed by atoms with Gasteiger partial charge >= 0.3 is 5.97 Å². The number of rotatable bonds is 4. The summed E-state index contributed by atoms with van der Waals surface area (Å²) in [5, 5.41) is 0.634. The van der Waals surface area contributed by atoms with Crippen molar-refractivity contribution >= 4 is 23.4 Å². The Hall–Kier alpha value is -1.55. The fourth-order valence-corrected chi connectivity index (χ4v) is 8.78. The van der Waals surface area contributed by atoms with E-state index in [4.69, 9.17) is 21.1 Å². The smallest absolute Gasteiger partial charge is 0.350 e. The molecule has 1 aromatic carbocycles. The molecule has 0 N–H and O–H groups in total. The summed E-state index contributed by atoms with van der Waals surface area (Å²) < 4.78 is 12.3. The molecule has 4 nitrogen and oxygen atoms in total.